The van der Waals surface area contributed by atoms with E-state index in [1.54, 1.807) is 30.1 Å². The highest BCUT2D eigenvalue weighted by molar-refractivity contribution is 5.99. The third kappa shape index (κ3) is 6.27. The molecular weight excluding hydrogens is 398 g/mol. The van der Waals surface area contributed by atoms with E-state index in [0.717, 1.165) is 0 Å². The summed E-state index contributed by atoms with van der Waals surface area (Å²) in [5.74, 6) is -1.35. The molecule has 31 heavy (non-hydrogen) atoms. The van der Waals surface area contributed by atoms with Crippen LogP contribution in [0.1, 0.15) is 54.8 Å². The quantitative estimate of drug-likeness (QED) is 0.491. The van der Waals surface area contributed by atoms with Gasteiger partial charge in [0.15, 0.2) is 0 Å². The highest BCUT2D eigenvalue weighted by Gasteiger charge is 2.41. The van der Waals surface area contributed by atoms with Crippen molar-refractivity contribution < 1.29 is 19.2 Å². The van der Waals surface area contributed by atoms with Crippen LogP contribution in [-0.4, -0.2) is 66.8 Å². The summed E-state index contributed by atoms with van der Waals surface area (Å²) in [6, 6.07) is 5.19. The van der Waals surface area contributed by atoms with Gasteiger partial charge in [0.25, 0.3) is 5.91 Å². The average Bonchev–Trinajstić information content (AvgIpc) is 3.05. The lowest BCUT2D eigenvalue weighted by Gasteiger charge is -2.35. The van der Waals surface area contributed by atoms with E-state index >= 15 is 0 Å². The van der Waals surface area contributed by atoms with Crippen LogP contribution in [0.3, 0.4) is 0 Å². The monoisotopic (exact) mass is 431 g/mol. The second-order valence-electron chi connectivity index (χ2n) is 9.09. The van der Waals surface area contributed by atoms with Gasteiger partial charge in [-0.1, -0.05) is 26.8 Å². The van der Waals surface area contributed by atoms with E-state index in [0.29, 0.717) is 18.5 Å². The van der Waals surface area contributed by atoms with Crippen LogP contribution in [0, 0.1) is 5.41 Å². The number of hydrogen-bond acceptors (Lipinski definition) is 5. The normalized spacial score (nSPS) is 19.6. The Morgan fingerprint density at radius 1 is 1.19 bits per heavy atom. The molecule has 1 saturated heterocycles. The Morgan fingerprint density at radius 3 is 2.42 bits per heavy atom. The summed E-state index contributed by atoms with van der Waals surface area (Å²) < 4.78 is 0. The van der Waals surface area contributed by atoms with E-state index in [1.165, 1.54) is 6.07 Å². The van der Waals surface area contributed by atoms with E-state index in [-0.39, 0.29) is 41.9 Å². The molecule has 1 aromatic carbocycles. The van der Waals surface area contributed by atoms with Crippen molar-refractivity contribution in [3.63, 3.8) is 0 Å². The van der Waals surface area contributed by atoms with Crippen LogP contribution < -0.4 is 21.7 Å². The number of carbonyl (C=O) groups is 4. The highest BCUT2D eigenvalue weighted by atomic mass is 16.2. The van der Waals surface area contributed by atoms with Crippen molar-refractivity contribution in [2.75, 3.05) is 20.1 Å². The SMILES string of the molecule is CNCC(=O)NC(C(=O)N1CC(NC(=O)c2cccc(C(N)=O)c2)CC1C)C(C)(C)C. The number of primary amides is 1. The summed E-state index contributed by atoms with van der Waals surface area (Å²) in [4.78, 5) is 51.1. The molecule has 9 heteroatoms. The first-order valence-corrected chi connectivity index (χ1v) is 10.4. The summed E-state index contributed by atoms with van der Waals surface area (Å²) in [5.41, 5.74) is 5.40. The van der Waals surface area contributed by atoms with Gasteiger partial charge in [-0.05, 0) is 44.0 Å². The zero-order valence-electron chi connectivity index (χ0n) is 18.8. The van der Waals surface area contributed by atoms with Crippen LogP contribution in [0.2, 0.25) is 0 Å². The van der Waals surface area contributed by atoms with Gasteiger partial charge in [0.2, 0.25) is 17.7 Å². The molecule has 1 aliphatic heterocycles. The molecular formula is C22H33N5O4. The van der Waals surface area contributed by atoms with Crippen LogP contribution in [-0.2, 0) is 9.59 Å². The summed E-state index contributed by atoms with van der Waals surface area (Å²) in [6.07, 6.45) is 0.592. The number of hydrogen-bond donors (Lipinski definition) is 4. The van der Waals surface area contributed by atoms with Gasteiger partial charge >= 0.3 is 0 Å². The zero-order chi connectivity index (χ0) is 23.3. The minimum Gasteiger partial charge on any atom is -0.366 e. The number of nitrogens with zero attached hydrogens (tertiary/aromatic N) is 1. The Balaban J connectivity index is 2.09. The van der Waals surface area contributed by atoms with E-state index in [1.807, 2.05) is 27.7 Å². The van der Waals surface area contributed by atoms with E-state index < -0.39 is 17.4 Å². The maximum absolute atomic E-state index is 13.3. The fourth-order valence-electron chi connectivity index (χ4n) is 3.71. The standard InChI is InChI=1S/C22H33N5O4/c1-13-9-16(25-20(30)15-8-6-7-14(10-15)19(23)29)12-27(13)21(31)18(22(2,3)4)26-17(28)11-24-5/h6-8,10,13,16,18,24H,9,11-12H2,1-5H3,(H2,23,29)(H,25,30)(H,26,28). The Labute approximate surface area is 183 Å². The van der Waals surface area contributed by atoms with Crippen LogP contribution in [0.15, 0.2) is 24.3 Å². The molecule has 0 spiro atoms. The van der Waals surface area contributed by atoms with Gasteiger partial charge in [0.05, 0.1) is 6.54 Å². The molecule has 170 valence electrons. The maximum atomic E-state index is 13.3. The van der Waals surface area contributed by atoms with Crippen molar-refractivity contribution >= 4 is 23.6 Å². The third-order valence-electron chi connectivity index (χ3n) is 5.36. The lowest BCUT2D eigenvalue weighted by atomic mass is 9.85. The molecule has 0 bridgehead atoms. The number of rotatable bonds is 7. The number of amides is 4. The molecule has 5 N–H and O–H groups in total. The number of nitrogens with one attached hydrogen (secondary N) is 3. The van der Waals surface area contributed by atoms with Gasteiger partial charge in [0, 0.05) is 29.8 Å². The number of likely N-dealkylation sites (tertiary alicyclic amines) is 1. The first kappa shape index (κ1) is 24.3. The minimum atomic E-state index is -0.683. The maximum Gasteiger partial charge on any atom is 0.251 e. The highest BCUT2D eigenvalue weighted by Crippen LogP contribution is 2.26. The summed E-state index contributed by atoms with van der Waals surface area (Å²) in [7, 11) is 1.67. The zero-order valence-corrected chi connectivity index (χ0v) is 18.8. The first-order valence-electron chi connectivity index (χ1n) is 10.4. The fourth-order valence-corrected chi connectivity index (χ4v) is 3.71. The summed E-state index contributed by atoms with van der Waals surface area (Å²) in [5, 5.41) is 8.55. The smallest absolute Gasteiger partial charge is 0.251 e. The van der Waals surface area contributed by atoms with Crippen LogP contribution in [0.4, 0.5) is 0 Å². The van der Waals surface area contributed by atoms with Crippen LogP contribution >= 0.6 is 0 Å². The topological polar surface area (TPSA) is 134 Å². The van der Waals surface area contributed by atoms with E-state index in [4.69, 9.17) is 5.73 Å². The van der Waals surface area contributed by atoms with Gasteiger partial charge in [0.1, 0.15) is 6.04 Å². The van der Waals surface area contributed by atoms with E-state index in [2.05, 4.69) is 16.0 Å². The second kappa shape index (κ2) is 9.91. The van der Waals surface area contributed by atoms with E-state index in [9.17, 15) is 19.2 Å². The largest absolute Gasteiger partial charge is 0.366 e. The van der Waals surface area contributed by atoms with Gasteiger partial charge in [-0.2, -0.15) is 0 Å². The molecule has 0 aromatic heterocycles. The minimum absolute atomic E-state index is 0.0965. The van der Waals surface area contributed by atoms with Crippen molar-refractivity contribution in [1.82, 2.24) is 20.9 Å². The first-order chi connectivity index (χ1) is 14.4. The number of nitrogens with two attached hydrogens (primary N) is 1. The van der Waals surface area contributed by atoms with Crippen molar-refractivity contribution in [2.45, 2.75) is 52.2 Å². The van der Waals surface area contributed by atoms with Crippen LogP contribution in [0.5, 0.6) is 0 Å². The molecule has 1 fully saturated rings. The number of benzene rings is 1. The van der Waals surface area contributed by atoms with Crippen molar-refractivity contribution in [3.8, 4) is 0 Å². The van der Waals surface area contributed by atoms with Gasteiger partial charge in [-0.15, -0.1) is 0 Å². The molecule has 2 rings (SSSR count). The average molecular weight is 432 g/mol. The molecule has 3 unspecified atom stereocenters. The molecule has 1 heterocycles. The Bertz CT molecular complexity index is 849. The second-order valence-corrected chi connectivity index (χ2v) is 9.09. The van der Waals surface area contributed by atoms with Crippen molar-refractivity contribution in [1.29, 1.82) is 0 Å². The fraction of sp³-hybridized carbons (Fsp3) is 0.545. The number of carbonyl (C=O) groups excluding carboxylic acids is 4. The van der Waals surface area contributed by atoms with Crippen molar-refractivity contribution in [2.24, 2.45) is 11.1 Å². The Morgan fingerprint density at radius 2 is 1.84 bits per heavy atom. The molecule has 3 atom stereocenters. The predicted octanol–water partition coefficient (Wildman–Crippen LogP) is 0.255. The molecule has 0 radical (unpaired) electrons. The number of likely N-dealkylation sites (N-methyl/N-ethyl adjacent to an activating group) is 1. The van der Waals surface area contributed by atoms with Gasteiger partial charge in [-0.25, -0.2) is 0 Å². The lowest BCUT2D eigenvalue weighted by Crippen LogP contribution is -2.56. The molecule has 0 aliphatic carbocycles. The summed E-state index contributed by atoms with van der Waals surface area (Å²) >= 11 is 0. The van der Waals surface area contributed by atoms with Crippen molar-refractivity contribution in [3.05, 3.63) is 35.4 Å². The molecule has 0 saturated carbocycles. The Hall–Kier alpha value is -2.94. The molecule has 9 nitrogen and oxygen atoms in total. The predicted molar refractivity (Wildman–Crippen MR) is 117 cm³/mol. The summed E-state index contributed by atoms with van der Waals surface area (Å²) in [6.45, 7) is 8.10. The lowest BCUT2D eigenvalue weighted by molar-refractivity contribution is -0.139. The van der Waals surface area contributed by atoms with Crippen LogP contribution in [0.25, 0.3) is 0 Å². The third-order valence-corrected chi connectivity index (χ3v) is 5.36. The van der Waals surface area contributed by atoms with Gasteiger partial charge < -0.3 is 26.6 Å². The molecule has 1 aromatic rings. The Kier molecular flexibility index (Phi) is 7.78. The van der Waals surface area contributed by atoms with Gasteiger partial charge in [-0.3, -0.25) is 19.2 Å². The molecule has 1 aliphatic rings. The molecule has 4 amide bonds.